The molecule has 22 heavy (non-hydrogen) atoms. The third kappa shape index (κ3) is 3.58. The van der Waals surface area contributed by atoms with E-state index < -0.39 is 17.7 Å². The number of nitrogens with one attached hydrogen (secondary N) is 2. The van der Waals surface area contributed by atoms with Gasteiger partial charge in [-0.1, -0.05) is 13.8 Å². The van der Waals surface area contributed by atoms with E-state index in [1.807, 2.05) is 0 Å². The fourth-order valence-electron chi connectivity index (χ4n) is 2.80. The Morgan fingerprint density at radius 1 is 1.27 bits per heavy atom. The highest BCUT2D eigenvalue weighted by Crippen LogP contribution is 2.26. The van der Waals surface area contributed by atoms with Gasteiger partial charge in [0.15, 0.2) is 0 Å². The molecule has 7 nitrogen and oxygen atoms in total. The maximum Gasteiger partial charge on any atom is 0.322 e. The van der Waals surface area contributed by atoms with Gasteiger partial charge in [0.2, 0.25) is 0 Å². The lowest BCUT2D eigenvalue weighted by Gasteiger charge is -2.37. The number of rotatable bonds is 5. The van der Waals surface area contributed by atoms with Crippen LogP contribution in [0.25, 0.3) is 0 Å². The van der Waals surface area contributed by atoms with E-state index in [4.69, 9.17) is 4.74 Å². The van der Waals surface area contributed by atoms with Crippen LogP contribution in [0.15, 0.2) is 0 Å². The van der Waals surface area contributed by atoms with Crippen LogP contribution in [0.2, 0.25) is 0 Å². The van der Waals surface area contributed by atoms with E-state index in [2.05, 4.69) is 24.5 Å². The fraction of sp³-hybridized carbons (Fsp3) is 0.800. The summed E-state index contributed by atoms with van der Waals surface area (Å²) in [6.07, 6.45) is 1.33. The zero-order valence-corrected chi connectivity index (χ0v) is 13.5. The molecular weight excluding hydrogens is 286 g/mol. The van der Waals surface area contributed by atoms with Crippen molar-refractivity contribution in [2.24, 2.45) is 5.92 Å². The summed E-state index contributed by atoms with van der Waals surface area (Å²) in [5, 5.41) is 4.95. The summed E-state index contributed by atoms with van der Waals surface area (Å²) >= 11 is 0. The lowest BCUT2D eigenvalue weighted by molar-refractivity contribution is -0.145. The number of carbonyl (C=O) groups is 3. The van der Waals surface area contributed by atoms with Crippen molar-refractivity contribution in [3.63, 3.8) is 0 Å². The highest BCUT2D eigenvalue weighted by molar-refractivity contribution is 6.07. The normalized spacial score (nSPS) is 21.9. The number of hydrogen-bond acceptors (Lipinski definition) is 4. The first-order chi connectivity index (χ1) is 10.3. The number of carbonyl (C=O) groups excluding carboxylic acids is 3. The van der Waals surface area contributed by atoms with E-state index in [-0.39, 0.29) is 11.8 Å². The molecule has 0 saturated carbocycles. The molecule has 2 rings (SSSR count). The Morgan fingerprint density at radius 3 is 2.41 bits per heavy atom. The molecule has 1 spiro atoms. The fourth-order valence-corrected chi connectivity index (χ4v) is 2.80. The van der Waals surface area contributed by atoms with E-state index in [0.29, 0.717) is 38.5 Å². The Bertz CT molecular complexity index is 456. The van der Waals surface area contributed by atoms with Crippen molar-refractivity contribution in [1.29, 1.82) is 0 Å². The molecule has 2 saturated heterocycles. The molecule has 0 bridgehead atoms. The van der Waals surface area contributed by atoms with Crippen LogP contribution in [-0.2, 0) is 14.3 Å². The van der Waals surface area contributed by atoms with Crippen LogP contribution >= 0.6 is 0 Å². The molecule has 0 aromatic heterocycles. The van der Waals surface area contributed by atoms with Crippen molar-refractivity contribution < 1.29 is 19.1 Å². The highest BCUT2D eigenvalue weighted by atomic mass is 16.5. The highest BCUT2D eigenvalue weighted by Gasteiger charge is 2.48. The van der Waals surface area contributed by atoms with Gasteiger partial charge in [-0.25, -0.2) is 4.79 Å². The molecule has 1 atom stereocenters. The van der Waals surface area contributed by atoms with E-state index >= 15 is 0 Å². The molecule has 0 aliphatic carbocycles. The minimum absolute atomic E-state index is 0.0525. The predicted molar refractivity (Wildman–Crippen MR) is 80.1 cm³/mol. The molecule has 0 aromatic rings. The number of likely N-dealkylation sites (tertiary alicyclic amines) is 1. The van der Waals surface area contributed by atoms with E-state index in [1.54, 1.807) is 11.8 Å². The molecular formula is C15H25N3O4. The lowest BCUT2D eigenvalue weighted by Crippen LogP contribution is -2.56. The van der Waals surface area contributed by atoms with Gasteiger partial charge in [-0.05, 0) is 32.1 Å². The molecule has 4 amide bonds. The maximum absolute atomic E-state index is 12.3. The van der Waals surface area contributed by atoms with E-state index in [1.165, 1.54) is 0 Å². The summed E-state index contributed by atoms with van der Waals surface area (Å²) < 4.78 is 5.58. The van der Waals surface area contributed by atoms with Gasteiger partial charge in [-0.15, -0.1) is 0 Å². The minimum atomic E-state index is -0.838. The van der Waals surface area contributed by atoms with Gasteiger partial charge < -0.3 is 15.0 Å². The zero-order chi connectivity index (χ0) is 16.3. The molecule has 2 fully saturated rings. The Hall–Kier alpha value is -1.63. The molecule has 2 heterocycles. The largest absolute Gasteiger partial charge is 0.369 e. The number of piperidine rings is 1. The van der Waals surface area contributed by atoms with Gasteiger partial charge in [0.1, 0.15) is 11.6 Å². The Kier molecular flexibility index (Phi) is 5.05. The monoisotopic (exact) mass is 311 g/mol. The quantitative estimate of drug-likeness (QED) is 0.729. The predicted octanol–water partition coefficient (Wildman–Crippen LogP) is 0.638. The summed E-state index contributed by atoms with van der Waals surface area (Å²) in [7, 11) is 0. The van der Waals surface area contributed by atoms with Crippen LogP contribution in [0.4, 0.5) is 4.79 Å². The summed E-state index contributed by atoms with van der Waals surface area (Å²) in [6.45, 7) is 7.45. The number of imide groups is 1. The molecule has 2 aliphatic heterocycles. The number of amides is 4. The van der Waals surface area contributed by atoms with Crippen LogP contribution in [0.3, 0.4) is 0 Å². The third-order valence-corrected chi connectivity index (χ3v) is 4.35. The molecule has 7 heteroatoms. The summed E-state index contributed by atoms with van der Waals surface area (Å²) in [4.78, 5) is 37.2. The number of nitrogens with zero attached hydrogens (tertiary/aromatic N) is 1. The molecule has 2 N–H and O–H groups in total. The van der Waals surface area contributed by atoms with Gasteiger partial charge in [0.25, 0.3) is 11.8 Å². The van der Waals surface area contributed by atoms with E-state index in [0.717, 1.165) is 6.42 Å². The van der Waals surface area contributed by atoms with Gasteiger partial charge >= 0.3 is 6.03 Å². The van der Waals surface area contributed by atoms with Crippen molar-refractivity contribution in [3.8, 4) is 0 Å². The standard InChI is InChI=1S/C15H25N3O4/c1-10(2)4-9-22-11(3)12(19)18-7-5-15(6-8-18)13(20)16-14(21)17-15/h10-11H,4-9H2,1-3H3,(H2,16,17,20,21). The number of hydrogen-bond donors (Lipinski definition) is 2. The maximum atomic E-state index is 12.3. The average molecular weight is 311 g/mol. The summed E-state index contributed by atoms with van der Waals surface area (Å²) in [6, 6.07) is -0.449. The lowest BCUT2D eigenvalue weighted by atomic mass is 9.87. The van der Waals surface area contributed by atoms with Crippen LogP contribution < -0.4 is 10.6 Å². The topological polar surface area (TPSA) is 87.7 Å². The SMILES string of the molecule is CC(C)CCOC(C)C(=O)N1CCC2(CC1)NC(=O)NC2=O. The number of ether oxygens (including phenoxy) is 1. The summed E-state index contributed by atoms with van der Waals surface area (Å²) in [5.74, 6) is 0.204. The first-order valence-corrected chi connectivity index (χ1v) is 7.88. The van der Waals surface area contributed by atoms with Crippen LogP contribution in [0, 0.1) is 5.92 Å². The molecule has 0 aromatic carbocycles. The van der Waals surface area contributed by atoms with Gasteiger partial charge in [0.05, 0.1) is 0 Å². The Labute approximate surface area is 130 Å². The van der Waals surface area contributed by atoms with Crippen molar-refractivity contribution in [2.45, 2.75) is 51.7 Å². The first kappa shape index (κ1) is 16.7. The Balaban J connectivity index is 1.82. The molecule has 1 unspecified atom stereocenters. The second-order valence-electron chi connectivity index (χ2n) is 6.51. The second-order valence-corrected chi connectivity index (χ2v) is 6.51. The van der Waals surface area contributed by atoms with Gasteiger partial charge in [-0.3, -0.25) is 14.9 Å². The average Bonchev–Trinajstić information content (AvgIpc) is 2.72. The van der Waals surface area contributed by atoms with Crippen molar-refractivity contribution in [2.75, 3.05) is 19.7 Å². The van der Waals surface area contributed by atoms with Crippen molar-refractivity contribution in [3.05, 3.63) is 0 Å². The molecule has 124 valence electrons. The van der Waals surface area contributed by atoms with Crippen LogP contribution in [0.5, 0.6) is 0 Å². The zero-order valence-electron chi connectivity index (χ0n) is 13.5. The van der Waals surface area contributed by atoms with Crippen LogP contribution in [0.1, 0.15) is 40.0 Å². The smallest absolute Gasteiger partial charge is 0.322 e. The van der Waals surface area contributed by atoms with Crippen LogP contribution in [-0.4, -0.2) is 54.1 Å². The van der Waals surface area contributed by atoms with E-state index in [9.17, 15) is 14.4 Å². The first-order valence-electron chi connectivity index (χ1n) is 7.88. The number of urea groups is 1. The Morgan fingerprint density at radius 2 is 1.91 bits per heavy atom. The second kappa shape index (κ2) is 6.64. The van der Waals surface area contributed by atoms with Crippen molar-refractivity contribution >= 4 is 17.8 Å². The van der Waals surface area contributed by atoms with Gasteiger partial charge in [0, 0.05) is 19.7 Å². The summed E-state index contributed by atoms with van der Waals surface area (Å²) in [5.41, 5.74) is -0.838. The molecule has 0 radical (unpaired) electrons. The molecule has 2 aliphatic rings. The third-order valence-electron chi connectivity index (χ3n) is 4.35. The minimum Gasteiger partial charge on any atom is -0.369 e. The van der Waals surface area contributed by atoms with Gasteiger partial charge in [-0.2, -0.15) is 0 Å². The van der Waals surface area contributed by atoms with Crippen molar-refractivity contribution in [1.82, 2.24) is 15.5 Å².